The van der Waals surface area contributed by atoms with Gasteiger partial charge in [-0.25, -0.2) is 0 Å². The van der Waals surface area contributed by atoms with Gasteiger partial charge in [0.05, 0.1) is 12.2 Å². The molecular weight excluding hydrogens is 260 g/mol. The molecule has 3 fully saturated rings. The van der Waals surface area contributed by atoms with Crippen molar-refractivity contribution in [2.75, 3.05) is 0 Å². The average molecular weight is 292 g/mol. The third-order valence-corrected chi connectivity index (χ3v) is 6.18. The van der Waals surface area contributed by atoms with Crippen LogP contribution in [-0.2, 0) is 4.79 Å². The normalized spacial score (nSPS) is 36.8. The highest BCUT2D eigenvalue weighted by Crippen LogP contribution is 2.44. The highest BCUT2D eigenvalue weighted by Gasteiger charge is 2.50. The monoisotopic (exact) mass is 292 g/mol. The Bertz CT molecular complexity index is 387. The first-order chi connectivity index (χ1) is 10.0. The number of carbonyl (C=O) groups is 1. The summed E-state index contributed by atoms with van der Waals surface area (Å²) in [5.41, 5.74) is 0.287. The molecule has 3 unspecified atom stereocenters. The van der Waals surface area contributed by atoms with E-state index in [1.807, 2.05) is 0 Å². The van der Waals surface area contributed by atoms with Crippen molar-refractivity contribution in [1.82, 2.24) is 10.2 Å². The molecule has 3 heteroatoms. The second kappa shape index (κ2) is 5.91. The SMILES string of the molecule is CCCC1NC(C2CCCC2)N(C2CCCC2(C)C)C1=O. The Morgan fingerprint density at radius 1 is 1.19 bits per heavy atom. The van der Waals surface area contributed by atoms with Gasteiger partial charge in [-0.15, -0.1) is 0 Å². The zero-order valence-corrected chi connectivity index (χ0v) is 14.0. The predicted molar refractivity (Wildman–Crippen MR) is 85.8 cm³/mol. The summed E-state index contributed by atoms with van der Waals surface area (Å²) in [7, 11) is 0. The van der Waals surface area contributed by atoms with Gasteiger partial charge in [0, 0.05) is 6.04 Å². The van der Waals surface area contributed by atoms with E-state index in [2.05, 4.69) is 31.0 Å². The molecule has 3 atom stereocenters. The highest BCUT2D eigenvalue weighted by atomic mass is 16.2. The van der Waals surface area contributed by atoms with Crippen molar-refractivity contribution in [2.45, 2.75) is 96.8 Å². The van der Waals surface area contributed by atoms with Gasteiger partial charge in [0.25, 0.3) is 0 Å². The van der Waals surface area contributed by atoms with E-state index in [1.54, 1.807) is 0 Å². The summed E-state index contributed by atoms with van der Waals surface area (Å²) in [6.07, 6.45) is 11.4. The largest absolute Gasteiger partial charge is 0.322 e. The molecule has 2 saturated carbocycles. The van der Waals surface area contributed by atoms with E-state index in [-0.39, 0.29) is 11.5 Å². The lowest BCUT2D eigenvalue weighted by Gasteiger charge is -2.40. The van der Waals surface area contributed by atoms with E-state index in [1.165, 1.54) is 44.9 Å². The fourth-order valence-electron chi connectivity index (χ4n) is 4.98. The second-order valence-corrected chi connectivity index (χ2v) is 8.14. The van der Waals surface area contributed by atoms with E-state index >= 15 is 0 Å². The van der Waals surface area contributed by atoms with Crippen molar-refractivity contribution >= 4 is 5.91 Å². The summed E-state index contributed by atoms with van der Waals surface area (Å²) in [6.45, 7) is 6.90. The van der Waals surface area contributed by atoms with E-state index in [9.17, 15) is 4.79 Å². The van der Waals surface area contributed by atoms with E-state index in [0.29, 0.717) is 24.0 Å². The molecule has 2 aliphatic carbocycles. The Kier molecular flexibility index (Phi) is 4.31. The highest BCUT2D eigenvalue weighted by molar-refractivity contribution is 5.84. The minimum atomic E-state index is 0.0806. The molecule has 3 aliphatic rings. The molecule has 0 aromatic heterocycles. The molecule has 1 heterocycles. The van der Waals surface area contributed by atoms with Crippen molar-refractivity contribution in [1.29, 1.82) is 0 Å². The zero-order valence-electron chi connectivity index (χ0n) is 14.0. The molecule has 3 nitrogen and oxygen atoms in total. The van der Waals surface area contributed by atoms with E-state index in [0.717, 1.165) is 12.8 Å². The fraction of sp³-hybridized carbons (Fsp3) is 0.944. The number of hydrogen-bond donors (Lipinski definition) is 1. The maximum atomic E-state index is 13.0. The first-order valence-electron chi connectivity index (χ1n) is 9.13. The number of carbonyl (C=O) groups excluding carboxylic acids is 1. The average Bonchev–Trinajstić information content (AvgIpc) is 3.11. The molecule has 0 aromatic rings. The lowest BCUT2D eigenvalue weighted by Crippen LogP contribution is -2.51. The molecular formula is C18H32N2O. The van der Waals surface area contributed by atoms with Gasteiger partial charge in [-0.2, -0.15) is 0 Å². The van der Waals surface area contributed by atoms with Crippen LogP contribution in [0.1, 0.15) is 78.6 Å². The van der Waals surface area contributed by atoms with Crippen LogP contribution in [0.25, 0.3) is 0 Å². The van der Waals surface area contributed by atoms with Crippen LogP contribution in [0.2, 0.25) is 0 Å². The molecule has 1 aliphatic heterocycles. The van der Waals surface area contributed by atoms with Crippen LogP contribution in [0.4, 0.5) is 0 Å². The van der Waals surface area contributed by atoms with Crippen LogP contribution in [-0.4, -0.2) is 29.1 Å². The third-order valence-electron chi connectivity index (χ3n) is 6.18. The summed E-state index contributed by atoms with van der Waals surface area (Å²) in [5, 5.41) is 3.72. The van der Waals surface area contributed by atoms with Crippen molar-refractivity contribution in [2.24, 2.45) is 11.3 Å². The Hall–Kier alpha value is -0.570. The third kappa shape index (κ3) is 2.74. The molecule has 1 N–H and O–H groups in total. The quantitative estimate of drug-likeness (QED) is 0.857. The number of nitrogens with zero attached hydrogens (tertiary/aromatic N) is 1. The molecule has 3 rings (SSSR count). The fourth-order valence-corrected chi connectivity index (χ4v) is 4.98. The van der Waals surface area contributed by atoms with Crippen LogP contribution in [0.3, 0.4) is 0 Å². The van der Waals surface area contributed by atoms with Gasteiger partial charge in [0.15, 0.2) is 0 Å². The first-order valence-corrected chi connectivity index (χ1v) is 9.13. The van der Waals surface area contributed by atoms with Gasteiger partial charge in [0.2, 0.25) is 5.91 Å². The Morgan fingerprint density at radius 2 is 1.90 bits per heavy atom. The van der Waals surface area contributed by atoms with E-state index in [4.69, 9.17) is 0 Å². The molecule has 1 saturated heterocycles. The van der Waals surface area contributed by atoms with Crippen LogP contribution in [0.15, 0.2) is 0 Å². The summed E-state index contributed by atoms with van der Waals surface area (Å²) in [6, 6.07) is 0.530. The Morgan fingerprint density at radius 3 is 2.48 bits per heavy atom. The molecule has 120 valence electrons. The topological polar surface area (TPSA) is 32.3 Å². The molecule has 0 aromatic carbocycles. The van der Waals surface area contributed by atoms with Gasteiger partial charge in [-0.3, -0.25) is 10.1 Å². The first kappa shape index (κ1) is 15.3. The maximum Gasteiger partial charge on any atom is 0.241 e. The van der Waals surface area contributed by atoms with Crippen molar-refractivity contribution < 1.29 is 4.79 Å². The zero-order chi connectivity index (χ0) is 15.0. The summed E-state index contributed by atoms with van der Waals surface area (Å²) < 4.78 is 0. The molecule has 0 spiro atoms. The standard InChI is InChI=1S/C18H32N2O/c1-4-8-14-17(21)20(15-11-7-12-18(15,2)3)16(19-14)13-9-5-6-10-13/h13-16,19H,4-12H2,1-3H3. The summed E-state index contributed by atoms with van der Waals surface area (Å²) in [5.74, 6) is 1.08. The molecule has 1 amide bonds. The van der Waals surface area contributed by atoms with E-state index < -0.39 is 0 Å². The van der Waals surface area contributed by atoms with Gasteiger partial charge in [0.1, 0.15) is 0 Å². The summed E-state index contributed by atoms with van der Waals surface area (Å²) >= 11 is 0. The van der Waals surface area contributed by atoms with Crippen LogP contribution >= 0.6 is 0 Å². The van der Waals surface area contributed by atoms with Crippen molar-refractivity contribution in [3.63, 3.8) is 0 Å². The smallest absolute Gasteiger partial charge is 0.241 e. The Balaban J connectivity index is 1.83. The Labute approximate surface area is 129 Å². The lowest BCUT2D eigenvalue weighted by molar-refractivity contribution is -0.135. The maximum absolute atomic E-state index is 13.0. The molecule has 0 bridgehead atoms. The van der Waals surface area contributed by atoms with Crippen molar-refractivity contribution in [3.8, 4) is 0 Å². The molecule has 0 radical (unpaired) electrons. The van der Waals surface area contributed by atoms with Crippen LogP contribution < -0.4 is 5.32 Å². The predicted octanol–water partition coefficient (Wildman–Crippen LogP) is 3.68. The van der Waals surface area contributed by atoms with Gasteiger partial charge in [-0.1, -0.05) is 46.5 Å². The van der Waals surface area contributed by atoms with Gasteiger partial charge < -0.3 is 4.90 Å². The van der Waals surface area contributed by atoms with Gasteiger partial charge >= 0.3 is 0 Å². The number of rotatable bonds is 4. The number of amides is 1. The van der Waals surface area contributed by atoms with Gasteiger partial charge in [-0.05, 0) is 43.4 Å². The van der Waals surface area contributed by atoms with Crippen LogP contribution in [0.5, 0.6) is 0 Å². The number of nitrogens with one attached hydrogen (secondary N) is 1. The molecule has 21 heavy (non-hydrogen) atoms. The lowest BCUT2D eigenvalue weighted by atomic mass is 9.85. The minimum Gasteiger partial charge on any atom is -0.322 e. The summed E-state index contributed by atoms with van der Waals surface area (Å²) in [4.78, 5) is 15.3. The number of hydrogen-bond acceptors (Lipinski definition) is 2. The van der Waals surface area contributed by atoms with Crippen molar-refractivity contribution in [3.05, 3.63) is 0 Å². The minimum absolute atomic E-state index is 0.0806. The van der Waals surface area contributed by atoms with Crippen LogP contribution in [0, 0.1) is 11.3 Å². The second-order valence-electron chi connectivity index (χ2n) is 8.14.